The van der Waals surface area contributed by atoms with Gasteiger partial charge >= 0.3 is 0 Å². The summed E-state index contributed by atoms with van der Waals surface area (Å²) >= 11 is 0. The molecule has 4 aromatic carbocycles. The van der Waals surface area contributed by atoms with Crippen LogP contribution < -0.4 is 0 Å². The van der Waals surface area contributed by atoms with Crippen molar-refractivity contribution < 1.29 is 19.8 Å². The lowest BCUT2D eigenvalue weighted by atomic mass is 9.86. The number of terminal acetylenes is 2. The zero-order valence-corrected chi connectivity index (χ0v) is 19.3. The maximum absolute atomic E-state index is 10.7. The monoisotopic (exact) mass is 470 g/mol. The molecule has 0 saturated heterocycles. The highest BCUT2D eigenvalue weighted by molar-refractivity contribution is 5.81. The van der Waals surface area contributed by atoms with Gasteiger partial charge in [0.05, 0.1) is 0 Å². The first kappa shape index (κ1) is 24.4. The van der Waals surface area contributed by atoms with Gasteiger partial charge in [0.25, 0.3) is 0 Å². The zero-order valence-electron chi connectivity index (χ0n) is 19.3. The van der Waals surface area contributed by atoms with Gasteiger partial charge in [-0.2, -0.15) is 0 Å². The average Bonchev–Trinajstić information content (AvgIpc) is 3.22. The molecule has 0 atom stereocenters. The van der Waals surface area contributed by atoms with Gasteiger partial charge < -0.3 is 10.2 Å². The molecule has 0 aliphatic heterocycles. The maximum Gasteiger partial charge on any atom is 0.177 e. The van der Waals surface area contributed by atoms with Gasteiger partial charge in [-0.25, -0.2) is 0 Å². The van der Waals surface area contributed by atoms with E-state index in [1.54, 1.807) is 48.5 Å². The van der Waals surface area contributed by atoms with Gasteiger partial charge in [-0.05, 0) is 11.1 Å². The average molecular weight is 471 g/mol. The van der Waals surface area contributed by atoms with Crippen molar-refractivity contribution in [2.24, 2.45) is 0 Å². The first-order valence-electron chi connectivity index (χ1n) is 11.1. The van der Waals surface area contributed by atoms with E-state index in [0.29, 0.717) is 22.3 Å². The summed E-state index contributed by atoms with van der Waals surface area (Å²) in [6.07, 6.45) is 12.4. The van der Waals surface area contributed by atoms with Crippen molar-refractivity contribution in [3.8, 4) is 35.8 Å². The van der Waals surface area contributed by atoms with Crippen LogP contribution in [-0.4, -0.2) is 22.8 Å². The minimum atomic E-state index is -1.59. The number of hydrogen-bond donors (Lipinski definition) is 2. The summed E-state index contributed by atoms with van der Waals surface area (Å²) in [6, 6.07) is 28.2. The Morgan fingerprint density at radius 3 is 1.39 bits per heavy atom. The minimum Gasteiger partial charge on any atom is -0.369 e. The molecule has 0 fully saturated rings. The topological polar surface area (TPSA) is 74.6 Å². The number of aldehydes is 2. The fourth-order valence-corrected chi connectivity index (χ4v) is 4.31. The van der Waals surface area contributed by atoms with Gasteiger partial charge in [-0.15, -0.1) is 12.8 Å². The maximum atomic E-state index is 10.7. The first-order chi connectivity index (χ1) is 17.4. The molecule has 1 aliphatic rings. The fourth-order valence-electron chi connectivity index (χ4n) is 4.31. The van der Waals surface area contributed by atoms with Gasteiger partial charge in [0, 0.05) is 33.4 Å². The van der Waals surface area contributed by atoms with E-state index in [2.05, 4.69) is 11.8 Å². The fraction of sp³-hybridized carbons (Fsp3) is 0.0625. The number of carbonyl (C=O) groups excluding carboxylic acids is 2. The Balaban J connectivity index is 0.000000173. The summed E-state index contributed by atoms with van der Waals surface area (Å²) in [4.78, 5) is 21.3. The quantitative estimate of drug-likeness (QED) is 0.334. The number of aliphatic hydroxyl groups is 2. The molecule has 0 spiro atoms. The zero-order chi connectivity index (χ0) is 25.8. The molecule has 36 heavy (non-hydrogen) atoms. The minimum absolute atomic E-state index is 0.490. The van der Waals surface area contributed by atoms with Crippen LogP contribution in [0.4, 0.5) is 0 Å². The molecule has 0 heterocycles. The molecular formula is C32H22O4. The van der Waals surface area contributed by atoms with Crippen LogP contribution in [0.3, 0.4) is 0 Å². The number of benzene rings is 4. The third-order valence-electron chi connectivity index (χ3n) is 6.27. The highest BCUT2D eigenvalue weighted by Crippen LogP contribution is 2.46. The SMILES string of the molecule is C#CC(O)(c1ccc(C=O)cc1)c1ccc(C=O)cc1.C#CC1(O)c2ccccc2-c2ccccc21. The Morgan fingerprint density at radius 2 is 1.06 bits per heavy atom. The van der Waals surface area contributed by atoms with Crippen LogP contribution in [0.5, 0.6) is 0 Å². The van der Waals surface area contributed by atoms with Gasteiger partial charge in [-0.1, -0.05) is 109 Å². The van der Waals surface area contributed by atoms with Crippen molar-refractivity contribution >= 4 is 12.6 Å². The number of carbonyl (C=O) groups is 2. The van der Waals surface area contributed by atoms with Gasteiger partial charge in [0.15, 0.2) is 11.2 Å². The number of fused-ring (bicyclic) bond motifs is 3. The number of rotatable bonds is 4. The van der Waals surface area contributed by atoms with E-state index < -0.39 is 11.2 Å². The Bertz CT molecular complexity index is 1400. The van der Waals surface area contributed by atoms with E-state index in [4.69, 9.17) is 12.8 Å². The van der Waals surface area contributed by atoms with E-state index in [1.165, 1.54) is 0 Å². The summed E-state index contributed by atoms with van der Waals surface area (Å²) in [7, 11) is 0. The van der Waals surface area contributed by atoms with E-state index in [-0.39, 0.29) is 0 Å². The summed E-state index contributed by atoms with van der Waals surface area (Å²) < 4.78 is 0. The Kier molecular flexibility index (Phi) is 6.68. The molecule has 4 nitrogen and oxygen atoms in total. The molecule has 174 valence electrons. The molecule has 0 aromatic heterocycles. The van der Waals surface area contributed by atoms with Crippen molar-refractivity contribution in [3.05, 3.63) is 130 Å². The van der Waals surface area contributed by atoms with Crippen molar-refractivity contribution in [2.75, 3.05) is 0 Å². The normalized spacial score (nSPS) is 12.6. The predicted octanol–water partition coefficient (Wildman–Crippen LogP) is 4.72. The van der Waals surface area contributed by atoms with Crippen molar-refractivity contribution in [1.29, 1.82) is 0 Å². The molecule has 0 amide bonds. The molecule has 2 N–H and O–H groups in total. The molecule has 4 heteroatoms. The van der Waals surface area contributed by atoms with E-state index >= 15 is 0 Å². The van der Waals surface area contributed by atoms with Crippen LogP contribution in [0.1, 0.15) is 43.0 Å². The van der Waals surface area contributed by atoms with Crippen LogP contribution in [-0.2, 0) is 11.2 Å². The Labute approximate surface area is 209 Å². The van der Waals surface area contributed by atoms with Crippen LogP contribution >= 0.6 is 0 Å². The summed E-state index contributed by atoms with van der Waals surface area (Å²) in [5, 5.41) is 21.2. The van der Waals surface area contributed by atoms with Crippen LogP contribution in [0.25, 0.3) is 11.1 Å². The molecule has 5 rings (SSSR count). The first-order valence-corrected chi connectivity index (χ1v) is 11.1. The highest BCUT2D eigenvalue weighted by atomic mass is 16.3. The third kappa shape index (κ3) is 4.13. The van der Waals surface area contributed by atoms with E-state index in [9.17, 15) is 19.8 Å². The molecule has 0 radical (unpaired) electrons. The third-order valence-corrected chi connectivity index (χ3v) is 6.27. The second kappa shape index (κ2) is 9.86. The molecule has 0 bridgehead atoms. The second-order valence-electron chi connectivity index (χ2n) is 8.28. The lowest BCUT2D eigenvalue weighted by Gasteiger charge is -2.23. The smallest absolute Gasteiger partial charge is 0.177 e. The van der Waals surface area contributed by atoms with Gasteiger partial charge in [0.1, 0.15) is 12.6 Å². The Morgan fingerprint density at radius 1 is 0.667 bits per heavy atom. The predicted molar refractivity (Wildman–Crippen MR) is 139 cm³/mol. The molecule has 0 unspecified atom stereocenters. The van der Waals surface area contributed by atoms with Crippen LogP contribution in [0, 0.1) is 24.7 Å². The molecular weight excluding hydrogens is 448 g/mol. The largest absolute Gasteiger partial charge is 0.369 e. The molecule has 1 aliphatic carbocycles. The van der Waals surface area contributed by atoms with Crippen molar-refractivity contribution in [1.82, 2.24) is 0 Å². The number of hydrogen-bond acceptors (Lipinski definition) is 4. The van der Waals surface area contributed by atoms with E-state index in [0.717, 1.165) is 34.8 Å². The lowest BCUT2D eigenvalue weighted by molar-refractivity contribution is 0.111. The summed E-state index contributed by atoms with van der Waals surface area (Å²) in [6.45, 7) is 0. The molecule has 4 aromatic rings. The second-order valence-corrected chi connectivity index (χ2v) is 8.28. The van der Waals surface area contributed by atoms with Gasteiger partial charge in [0.2, 0.25) is 0 Å². The van der Waals surface area contributed by atoms with Crippen LogP contribution in [0.15, 0.2) is 97.1 Å². The highest BCUT2D eigenvalue weighted by Gasteiger charge is 2.39. The van der Waals surface area contributed by atoms with Crippen LogP contribution in [0.2, 0.25) is 0 Å². The standard InChI is InChI=1S/C17H12O3.C15H10O/c1-2-17(20,15-7-3-13(11-18)4-8-15)16-9-5-14(12-19)6-10-16;1-2-15(16)13-9-5-3-7-11(13)12-8-4-6-10-14(12)15/h1,3-12,20H;1,3-10,16H. The Hall–Kier alpha value is -4.74. The van der Waals surface area contributed by atoms with Gasteiger partial charge in [-0.3, -0.25) is 9.59 Å². The summed E-state index contributed by atoms with van der Waals surface area (Å²) in [5.41, 5.74) is 2.79. The molecule has 0 saturated carbocycles. The van der Waals surface area contributed by atoms with Crippen molar-refractivity contribution in [2.45, 2.75) is 11.2 Å². The van der Waals surface area contributed by atoms with E-state index in [1.807, 2.05) is 48.5 Å². The van der Waals surface area contributed by atoms with Crippen molar-refractivity contribution in [3.63, 3.8) is 0 Å². The lowest BCUT2D eigenvalue weighted by Crippen LogP contribution is -2.25. The summed E-state index contributed by atoms with van der Waals surface area (Å²) in [5.74, 6) is 4.87.